The monoisotopic (exact) mass is 300 g/mol. The lowest BCUT2D eigenvalue weighted by Crippen LogP contribution is -2.25. The summed E-state index contributed by atoms with van der Waals surface area (Å²) in [5, 5.41) is 15.9. The highest BCUT2D eigenvalue weighted by molar-refractivity contribution is 5.81. The molecule has 0 bridgehead atoms. The van der Waals surface area contributed by atoms with Gasteiger partial charge in [-0.2, -0.15) is 9.90 Å². The number of tetrazole rings is 1. The van der Waals surface area contributed by atoms with Crippen molar-refractivity contribution < 1.29 is 4.79 Å². The highest BCUT2D eigenvalue weighted by atomic mass is 16.2. The SMILES string of the molecule is O=C(Cn1nnc(N2CCCC2)n1)N/N=C/c1cccnc1. The van der Waals surface area contributed by atoms with Gasteiger partial charge in [0.2, 0.25) is 0 Å². The van der Waals surface area contributed by atoms with Gasteiger partial charge < -0.3 is 4.90 Å². The average molecular weight is 300 g/mol. The van der Waals surface area contributed by atoms with E-state index in [0.29, 0.717) is 5.95 Å². The van der Waals surface area contributed by atoms with Crippen LogP contribution in [0, 0.1) is 0 Å². The van der Waals surface area contributed by atoms with Crippen molar-refractivity contribution in [2.75, 3.05) is 18.0 Å². The van der Waals surface area contributed by atoms with Gasteiger partial charge in [0.15, 0.2) is 0 Å². The number of anilines is 1. The topological polar surface area (TPSA) is 101 Å². The van der Waals surface area contributed by atoms with Gasteiger partial charge in [-0.3, -0.25) is 9.78 Å². The molecule has 3 heterocycles. The number of amides is 1. The van der Waals surface area contributed by atoms with E-state index >= 15 is 0 Å². The number of hydrazone groups is 1. The summed E-state index contributed by atoms with van der Waals surface area (Å²) in [4.78, 5) is 19.0. The van der Waals surface area contributed by atoms with Crippen LogP contribution >= 0.6 is 0 Å². The van der Waals surface area contributed by atoms with E-state index in [-0.39, 0.29) is 12.5 Å². The summed E-state index contributed by atoms with van der Waals surface area (Å²) >= 11 is 0. The van der Waals surface area contributed by atoms with Crippen LogP contribution in [0.5, 0.6) is 0 Å². The predicted molar refractivity (Wildman–Crippen MR) is 79.2 cm³/mol. The molecule has 1 N–H and O–H groups in total. The third-order valence-electron chi connectivity index (χ3n) is 3.20. The first-order chi connectivity index (χ1) is 10.8. The first-order valence-corrected chi connectivity index (χ1v) is 7.06. The van der Waals surface area contributed by atoms with E-state index in [2.05, 4.69) is 35.8 Å². The zero-order valence-corrected chi connectivity index (χ0v) is 12.0. The van der Waals surface area contributed by atoms with E-state index < -0.39 is 0 Å². The third-order valence-corrected chi connectivity index (χ3v) is 3.20. The van der Waals surface area contributed by atoms with Crippen molar-refractivity contribution in [1.82, 2.24) is 30.6 Å². The second-order valence-corrected chi connectivity index (χ2v) is 4.89. The fraction of sp³-hybridized carbons (Fsp3) is 0.385. The number of nitrogens with zero attached hydrogens (tertiary/aromatic N) is 7. The van der Waals surface area contributed by atoms with Crippen molar-refractivity contribution in [2.24, 2.45) is 5.10 Å². The van der Waals surface area contributed by atoms with Crippen LogP contribution in [0.2, 0.25) is 0 Å². The normalized spacial score (nSPS) is 14.6. The largest absolute Gasteiger partial charge is 0.338 e. The fourth-order valence-electron chi connectivity index (χ4n) is 2.14. The third kappa shape index (κ3) is 3.62. The number of hydrogen-bond donors (Lipinski definition) is 1. The van der Waals surface area contributed by atoms with E-state index in [9.17, 15) is 4.79 Å². The predicted octanol–water partition coefficient (Wildman–Crippen LogP) is -0.181. The van der Waals surface area contributed by atoms with E-state index in [1.165, 1.54) is 11.0 Å². The molecule has 3 rings (SSSR count). The van der Waals surface area contributed by atoms with E-state index in [1.54, 1.807) is 18.5 Å². The van der Waals surface area contributed by atoms with Gasteiger partial charge in [-0.1, -0.05) is 11.2 Å². The summed E-state index contributed by atoms with van der Waals surface area (Å²) in [5.74, 6) is 0.259. The molecule has 0 spiro atoms. The molecule has 1 aliphatic heterocycles. The molecule has 1 saturated heterocycles. The van der Waals surface area contributed by atoms with Gasteiger partial charge in [0.25, 0.3) is 11.9 Å². The molecule has 0 aliphatic carbocycles. The maximum atomic E-state index is 11.8. The molecule has 2 aromatic rings. The standard InChI is InChI=1S/C13H16N8O/c22-12(16-15-9-11-4-3-5-14-8-11)10-21-18-13(17-19-21)20-6-1-2-7-20/h3-5,8-9H,1-2,6-7,10H2,(H,16,22)/b15-9+. The Bertz CT molecular complexity index is 647. The van der Waals surface area contributed by atoms with Crippen molar-refractivity contribution in [2.45, 2.75) is 19.4 Å². The summed E-state index contributed by atoms with van der Waals surface area (Å²) in [5.41, 5.74) is 3.22. The highest BCUT2D eigenvalue weighted by Gasteiger charge is 2.17. The minimum absolute atomic E-state index is 0.0226. The molecule has 9 heteroatoms. The Hall–Kier alpha value is -2.84. The Labute approximate surface area is 127 Å². The van der Waals surface area contributed by atoms with Crippen molar-refractivity contribution in [3.05, 3.63) is 30.1 Å². The molecule has 114 valence electrons. The zero-order chi connectivity index (χ0) is 15.2. The fourth-order valence-corrected chi connectivity index (χ4v) is 2.14. The first kappa shape index (κ1) is 14.1. The number of pyridine rings is 1. The Balaban J connectivity index is 1.50. The average Bonchev–Trinajstić information content (AvgIpc) is 3.19. The van der Waals surface area contributed by atoms with Crippen molar-refractivity contribution in [1.29, 1.82) is 0 Å². The van der Waals surface area contributed by atoms with Crippen LogP contribution in [0.15, 0.2) is 29.6 Å². The Morgan fingerprint density at radius 2 is 2.27 bits per heavy atom. The molecular weight excluding hydrogens is 284 g/mol. The Morgan fingerprint density at radius 1 is 1.41 bits per heavy atom. The minimum atomic E-state index is -0.314. The smallest absolute Gasteiger partial charge is 0.266 e. The quantitative estimate of drug-likeness (QED) is 0.607. The van der Waals surface area contributed by atoms with Crippen LogP contribution in [-0.4, -0.2) is 50.4 Å². The van der Waals surface area contributed by atoms with Crippen LogP contribution < -0.4 is 10.3 Å². The lowest BCUT2D eigenvalue weighted by molar-refractivity contribution is -0.122. The summed E-state index contributed by atoms with van der Waals surface area (Å²) in [6.07, 6.45) is 7.12. The van der Waals surface area contributed by atoms with Gasteiger partial charge in [-0.05, 0) is 24.1 Å². The van der Waals surface area contributed by atoms with Gasteiger partial charge in [-0.25, -0.2) is 5.43 Å². The molecule has 0 aromatic carbocycles. The maximum absolute atomic E-state index is 11.8. The molecule has 22 heavy (non-hydrogen) atoms. The number of aromatic nitrogens is 5. The number of hydrogen-bond acceptors (Lipinski definition) is 7. The van der Waals surface area contributed by atoms with Crippen molar-refractivity contribution >= 4 is 18.1 Å². The molecule has 1 amide bonds. The highest BCUT2D eigenvalue weighted by Crippen LogP contribution is 2.13. The molecule has 0 atom stereocenters. The van der Waals surface area contributed by atoms with Gasteiger partial charge in [0.1, 0.15) is 6.54 Å². The van der Waals surface area contributed by atoms with E-state index in [1.807, 2.05) is 6.07 Å². The summed E-state index contributed by atoms with van der Waals surface area (Å²) in [6.45, 7) is 1.85. The van der Waals surface area contributed by atoms with Gasteiger partial charge in [-0.15, -0.1) is 5.10 Å². The van der Waals surface area contributed by atoms with Crippen molar-refractivity contribution in [3.8, 4) is 0 Å². The molecule has 1 fully saturated rings. The van der Waals surface area contributed by atoms with Gasteiger partial charge in [0.05, 0.1) is 6.21 Å². The number of carbonyl (C=O) groups is 1. The molecule has 0 radical (unpaired) electrons. The summed E-state index contributed by atoms with van der Waals surface area (Å²) in [6, 6.07) is 3.63. The van der Waals surface area contributed by atoms with E-state index in [4.69, 9.17) is 0 Å². The molecule has 2 aromatic heterocycles. The van der Waals surface area contributed by atoms with Gasteiger partial charge in [0, 0.05) is 31.0 Å². The van der Waals surface area contributed by atoms with Crippen LogP contribution in [0.4, 0.5) is 5.95 Å². The second-order valence-electron chi connectivity index (χ2n) is 4.89. The van der Waals surface area contributed by atoms with Crippen LogP contribution in [0.1, 0.15) is 18.4 Å². The Morgan fingerprint density at radius 3 is 3.05 bits per heavy atom. The molecule has 0 unspecified atom stereocenters. The minimum Gasteiger partial charge on any atom is -0.338 e. The van der Waals surface area contributed by atoms with Crippen LogP contribution in [0.25, 0.3) is 0 Å². The van der Waals surface area contributed by atoms with Crippen molar-refractivity contribution in [3.63, 3.8) is 0 Å². The molecular formula is C13H16N8O. The van der Waals surface area contributed by atoms with E-state index in [0.717, 1.165) is 31.5 Å². The molecule has 1 aliphatic rings. The lowest BCUT2D eigenvalue weighted by Gasteiger charge is -2.09. The first-order valence-electron chi connectivity index (χ1n) is 7.06. The van der Waals surface area contributed by atoms with Crippen LogP contribution in [0.3, 0.4) is 0 Å². The maximum Gasteiger partial charge on any atom is 0.266 e. The van der Waals surface area contributed by atoms with Gasteiger partial charge >= 0.3 is 0 Å². The molecule has 0 saturated carbocycles. The summed E-state index contributed by atoms with van der Waals surface area (Å²) in [7, 11) is 0. The second kappa shape index (κ2) is 6.74. The number of rotatable bonds is 5. The Kier molecular flexibility index (Phi) is 4.33. The lowest BCUT2D eigenvalue weighted by atomic mass is 10.3. The van der Waals surface area contributed by atoms with Crippen LogP contribution in [-0.2, 0) is 11.3 Å². The summed E-state index contributed by atoms with van der Waals surface area (Å²) < 4.78 is 0. The number of carbonyl (C=O) groups excluding carboxylic acids is 1. The zero-order valence-electron chi connectivity index (χ0n) is 12.0. The number of nitrogens with one attached hydrogen (secondary N) is 1. The molecule has 9 nitrogen and oxygen atoms in total.